The van der Waals surface area contributed by atoms with Crippen LogP contribution in [0.5, 0.6) is 0 Å². The van der Waals surface area contributed by atoms with E-state index < -0.39 is 12.1 Å². The monoisotopic (exact) mass is 189 g/mol. The summed E-state index contributed by atoms with van der Waals surface area (Å²) >= 11 is 0. The van der Waals surface area contributed by atoms with Crippen LogP contribution in [-0.2, 0) is 14.3 Å². The summed E-state index contributed by atoms with van der Waals surface area (Å²) in [6.45, 7) is -0.420. The predicted octanol–water partition coefficient (Wildman–Crippen LogP) is 0.900. The van der Waals surface area contributed by atoms with E-state index in [-0.39, 0.29) is 19.4 Å². The van der Waals surface area contributed by atoms with Crippen molar-refractivity contribution in [3.05, 3.63) is 0 Å². The molecule has 0 aliphatic rings. The highest BCUT2D eigenvalue weighted by molar-refractivity contribution is 5.75. The molecule has 0 aromatic carbocycles. The number of carbonyl (C=O) groups excluding carboxylic acids is 1. The molecule has 4 nitrogen and oxygen atoms in total. The first-order valence-electron chi connectivity index (χ1n) is 2.71. The second-order valence-corrected chi connectivity index (χ2v) is 1.63. The third kappa shape index (κ3) is 5.93. The minimum Gasteiger partial charge on any atom is -0.457 e. The summed E-state index contributed by atoms with van der Waals surface area (Å²) in [5.41, 5.74) is 0. The number of hydrogen-bond donors (Lipinski definition) is 1. The topological polar surface area (TPSA) is 70.5 Å². The van der Waals surface area contributed by atoms with Gasteiger partial charge in [0.25, 0.3) is 0 Å². The molecular weight excluding hydrogens is 179 g/mol. The van der Waals surface area contributed by atoms with Gasteiger partial charge in [-0.3, -0.25) is 0 Å². The maximum atomic E-state index is 11.4. The van der Waals surface area contributed by atoms with Crippen LogP contribution in [0, 0.1) is 0 Å². The first-order chi connectivity index (χ1) is 4.98. The highest BCUT2D eigenvalue weighted by atomic mass is 19.4. The van der Waals surface area contributed by atoms with E-state index in [4.69, 9.17) is 0 Å². The summed E-state index contributed by atoms with van der Waals surface area (Å²) in [7, 11) is 1.29. The first-order valence-corrected chi connectivity index (χ1v) is 2.71. The molecule has 0 aliphatic heterocycles. The van der Waals surface area contributed by atoms with E-state index in [1.807, 2.05) is 0 Å². The molecule has 0 aliphatic carbocycles. The number of rotatable bonds is 3. The van der Waals surface area contributed by atoms with Gasteiger partial charge in [-0.2, -0.15) is 13.2 Å². The number of esters is 1. The SMILES string of the molecule is COCCOC(=O)C(F)(F)F.N. The quantitative estimate of drug-likeness (QED) is 0.528. The van der Waals surface area contributed by atoms with Crippen molar-refractivity contribution in [3.63, 3.8) is 0 Å². The Hall–Kier alpha value is -0.820. The molecule has 0 atom stereocenters. The number of methoxy groups -OCH3 is 1. The van der Waals surface area contributed by atoms with E-state index in [2.05, 4.69) is 9.47 Å². The Kier molecular flexibility index (Phi) is 6.63. The minimum absolute atomic E-state index is 0. The van der Waals surface area contributed by atoms with Crippen LogP contribution in [0.1, 0.15) is 0 Å². The van der Waals surface area contributed by atoms with Crippen molar-refractivity contribution in [3.8, 4) is 0 Å². The molecule has 0 aromatic rings. The second kappa shape index (κ2) is 5.78. The molecule has 0 saturated carbocycles. The number of halogens is 3. The number of alkyl halides is 3. The van der Waals surface area contributed by atoms with Crippen molar-refractivity contribution >= 4 is 5.97 Å². The molecule has 0 saturated heterocycles. The highest BCUT2D eigenvalue weighted by Crippen LogP contribution is 2.15. The molecule has 0 heterocycles. The van der Waals surface area contributed by atoms with Gasteiger partial charge in [-0.25, -0.2) is 4.79 Å². The van der Waals surface area contributed by atoms with Gasteiger partial charge in [0.1, 0.15) is 6.61 Å². The van der Waals surface area contributed by atoms with Crippen LogP contribution in [0.15, 0.2) is 0 Å². The summed E-state index contributed by atoms with van der Waals surface area (Å²) in [6, 6.07) is 0. The van der Waals surface area contributed by atoms with E-state index in [1.54, 1.807) is 0 Å². The largest absolute Gasteiger partial charge is 0.490 e. The molecule has 7 heteroatoms. The fraction of sp³-hybridized carbons (Fsp3) is 0.800. The van der Waals surface area contributed by atoms with E-state index in [0.29, 0.717) is 0 Å². The lowest BCUT2D eigenvalue weighted by atomic mass is 10.6. The fourth-order valence-electron chi connectivity index (χ4n) is 0.300. The van der Waals surface area contributed by atoms with Crippen LogP contribution in [0.3, 0.4) is 0 Å². The molecule has 12 heavy (non-hydrogen) atoms. The number of hydrogen-bond acceptors (Lipinski definition) is 4. The molecule has 0 fully saturated rings. The zero-order valence-corrected chi connectivity index (χ0v) is 6.48. The van der Waals surface area contributed by atoms with Crippen LogP contribution >= 0.6 is 0 Å². The van der Waals surface area contributed by atoms with Gasteiger partial charge < -0.3 is 15.6 Å². The molecule has 0 aromatic heterocycles. The van der Waals surface area contributed by atoms with Gasteiger partial charge in [-0.05, 0) is 0 Å². The zero-order valence-electron chi connectivity index (χ0n) is 6.48. The molecule has 74 valence electrons. The van der Waals surface area contributed by atoms with Crippen LogP contribution < -0.4 is 6.15 Å². The lowest BCUT2D eigenvalue weighted by molar-refractivity contribution is -0.200. The van der Waals surface area contributed by atoms with Crippen molar-refractivity contribution in [2.24, 2.45) is 0 Å². The Morgan fingerprint density at radius 2 is 1.83 bits per heavy atom. The summed E-state index contributed by atoms with van der Waals surface area (Å²) < 4.78 is 42.2. The first kappa shape index (κ1) is 13.7. The van der Waals surface area contributed by atoms with E-state index in [9.17, 15) is 18.0 Å². The summed E-state index contributed by atoms with van der Waals surface area (Å²) in [4.78, 5) is 9.94. The third-order valence-corrected chi connectivity index (χ3v) is 0.752. The Morgan fingerprint density at radius 3 is 2.17 bits per heavy atom. The summed E-state index contributed by atoms with van der Waals surface area (Å²) in [6.07, 6.45) is -4.91. The van der Waals surface area contributed by atoms with Gasteiger partial charge >= 0.3 is 12.1 Å². The molecule has 0 bridgehead atoms. The van der Waals surface area contributed by atoms with Crippen LogP contribution in [0.2, 0.25) is 0 Å². The maximum absolute atomic E-state index is 11.4. The normalized spacial score (nSPS) is 10.3. The average Bonchev–Trinajstić information content (AvgIpc) is 1.86. The van der Waals surface area contributed by atoms with Crippen molar-refractivity contribution < 1.29 is 27.4 Å². The van der Waals surface area contributed by atoms with Gasteiger partial charge in [0.05, 0.1) is 6.61 Å². The van der Waals surface area contributed by atoms with E-state index >= 15 is 0 Å². The summed E-state index contributed by atoms with van der Waals surface area (Å²) in [5, 5.41) is 0. The van der Waals surface area contributed by atoms with E-state index in [0.717, 1.165) is 0 Å². The lowest BCUT2D eigenvalue weighted by Crippen LogP contribution is -2.26. The number of carbonyl (C=O) groups is 1. The lowest BCUT2D eigenvalue weighted by Gasteiger charge is -2.05. The molecule has 0 amide bonds. The van der Waals surface area contributed by atoms with Crippen molar-refractivity contribution in [2.45, 2.75) is 6.18 Å². The zero-order chi connectivity index (χ0) is 8.91. The standard InChI is InChI=1S/C5H7F3O3.H3N/c1-10-2-3-11-4(9)5(6,7)8;/h2-3H2,1H3;1H3. The van der Waals surface area contributed by atoms with Gasteiger partial charge in [0, 0.05) is 7.11 Å². The Balaban J connectivity index is 0. The van der Waals surface area contributed by atoms with E-state index in [1.165, 1.54) is 7.11 Å². The van der Waals surface area contributed by atoms with Gasteiger partial charge in [0.2, 0.25) is 0 Å². The molecule has 0 unspecified atom stereocenters. The predicted molar refractivity (Wildman–Crippen MR) is 33.9 cm³/mol. The van der Waals surface area contributed by atoms with Crippen molar-refractivity contribution in [2.75, 3.05) is 20.3 Å². The highest BCUT2D eigenvalue weighted by Gasteiger charge is 2.40. The van der Waals surface area contributed by atoms with Gasteiger partial charge in [-0.15, -0.1) is 0 Å². The molecule has 0 spiro atoms. The molecule has 3 N–H and O–H groups in total. The molecular formula is C5H10F3NO3. The third-order valence-electron chi connectivity index (χ3n) is 0.752. The van der Waals surface area contributed by atoms with Gasteiger partial charge in [0.15, 0.2) is 0 Å². The Labute approximate surface area is 67.2 Å². The van der Waals surface area contributed by atoms with Crippen LogP contribution in [0.25, 0.3) is 0 Å². The minimum atomic E-state index is -4.91. The Bertz CT molecular complexity index is 136. The number of ether oxygens (including phenoxy) is 2. The Morgan fingerprint density at radius 1 is 1.33 bits per heavy atom. The second-order valence-electron chi connectivity index (χ2n) is 1.63. The van der Waals surface area contributed by atoms with Gasteiger partial charge in [-0.1, -0.05) is 0 Å². The van der Waals surface area contributed by atoms with Crippen molar-refractivity contribution in [1.82, 2.24) is 6.15 Å². The molecule has 0 radical (unpaired) electrons. The smallest absolute Gasteiger partial charge is 0.457 e. The van der Waals surface area contributed by atoms with Crippen LogP contribution in [-0.4, -0.2) is 32.5 Å². The van der Waals surface area contributed by atoms with Crippen LogP contribution in [0.4, 0.5) is 13.2 Å². The molecule has 0 rings (SSSR count). The average molecular weight is 189 g/mol. The maximum Gasteiger partial charge on any atom is 0.490 e. The van der Waals surface area contributed by atoms with Crippen molar-refractivity contribution in [1.29, 1.82) is 0 Å². The fourth-order valence-corrected chi connectivity index (χ4v) is 0.300. The summed E-state index contributed by atoms with van der Waals surface area (Å²) in [5.74, 6) is -2.19.